The van der Waals surface area contributed by atoms with Crippen LogP contribution in [-0.4, -0.2) is 40.6 Å². The maximum Gasteiger partial charge on any atom is 0.311 e. The van der Waals surface area contributed by atoms with E-state index in [1.165, 1.54) is 0 Å². The lowest BCUT2D eigenvalue weighted by molar-refractivity contribution is -0.139. The lowest BCUT2D eigenvalue weighted by atomic mass is 9.71. The van der Waals surface area contributed by atoms with E-state index in [9.17, 15) is 19.5 Å². The van der Waals surface area contributed by atoms with Gasteiger partial charge in [0.15, 0.2) is 0 Å². The third kappa shape index (κ3) is 6.34. The summed E-state index contributed by atoms with van der Waals surface area (Å²) in [6.07, 6.45) is 0.0663. The van der Waals surface area contributed by atoms with Crippen molar-refractivity contribution in [2.24, 2.45) is 11.7 Å². The number of carbonyl (C=O) groups excluding carboxylic acids is 1. The maximum atomic E-state index is 12.0. The molecule has 0 saturated heterocycles. The highest BCUT2D eigenvalue weighted by Gasteiger charge is 2.31. The third-order valence-electron chi connectivity index (χ3n) is 5.51. The van der Waals surface area contributed by atoms with E-state index in [-0.39, 0.29) is 31.2 Å². The van der Waals surface area contributed by atoms with E-state index in [1.54, 1.807) is 0 Å². The fourth-order valence-electron chi connectivity index (χ4n) is 2.99. The summed E-state index contributed by atoms with van der Waals surface area (Å²) in [7, 11) is 0. The lowest BCUT2D eigenvalue weighted by Gasteiger charge is -2.33. The topological polar surface area (TPSA) is 130 Å². The highest BCUT2D eigenvalue weighted by atomic mass is 16.4. The monoisotopic (exact) mass is 392 g/mol. The Kier molecular flexibility index (Phi) is 8.63. The van der Waals surface area contributed by atoms with Crippen LogP contribution in [0, 0.1) is 5.92 Å². The Bertz CT molecular complexity index is 700. The van der Waals surface area contributed by atoms with E-state index >= 15 is 0 Å². The molecule has 7 nitrogen and oxygen atoms in total. The lowest BCUT2D eigenvalue weighted by Crippen LogP contribution is -2.41. The molecule has 0 aliphatic heterocycles. The number of nitrogens with one attached hydrogen (secondary N) is 1. The Morgan fingerprint density at radius 3 is 2.25 bits per heavy atom. The normalized spacial score (nSPS) is 13.8. The van der Waals surface area contributed by atoms with Crippen LogP contribution in [0.3, 0.4) is 0 Å². The number of benzene rings is 1. The van der Waals surface area contributed by atoms with Gasteiger partial charge in [0, 0.05) is 13.0 Å². The van der Waals surface area contributed by atoms with E-state index in [0.717, 1.165) is 11.1 Å². The minimum atomic E-state index is -1.02. The fourth-order valence-corrected chi connectivity index (χ4v) is 2.99. The molecule has 7 heteroatoms. The predicted molar refractivity (Wildman–Crippen MR) is 107 cm³/mol. The zero-order valence-corrected chi connectivity index (χ0v) is 17.1. The SMILES string of the molecule is CC(C)C(C)(C)c1ccccc1C(CCNC(=O)[C@@H](N)CCC(=O)O)C(=O)O. The second kappa shape index (κ2) is 10.2. The predicted octanol–water partition coefficient (Wildman–Crippen LogP) is 2.49. The molecule has 2 atom stereocenters. The molecular formula is C21H32N2O5. The highest BCUT2D eigenvalue weighted by Crippen LogP contribution is 2.37. The van der Waals surface area contributed by atoms with E-state index in [1.807, 2.05) is 24.3 Å². The minimum absolute atomic E-state index is 0.0366. The summed E-state index contributed by atoms with van der Waals surface area (Å²) in [5, 5.41) is 21.1. The highest BCUT2D eigenvalue weighted by molar-refractivity contribution is 5.82. The summed E-state index contributed by atoms with van der Waals surface area (Å²) in [6.45, 7) is 8.54. The molecule has 0 aliphatic carbocycles. The van der Waals surface area contributed by atoms with Crippen molar-refractivity contribution in [2.45, 2.75) is 64.3 Å². The quantitative estimate of drug-likeness (QED) is 0.458. The van der Waals surface area contributed by atoms with Crippen LogP contribution in [0.5, 0.6) is 0 Å². The summed E-state index contributed by atoms with van der Waals surface area (Å²) in [4.78, 5) is 34.5. The molecule has 5 N–H and O–H groups in total. The number of carbonyl (C=O) groups is 3. The summed E-state index contributed by atoms with van der Waals surface area (Å²) >= 11 is 0. The van der Waals surface area contributed by atoms with Crippen molar-refractivity contribution in [3.05, 3.63) is 35.4 Å². The summed E-state index contributed by atoms with van der Waals surface area (Å²) in [5.41, 5.74) is 7.21. The van der Waals surface area contributed by atoms with Gasteiger partial charge in [-0.05, 0) is 35.3 Å². The molecule has 0 bridgehead atoms. The van der Waals surface area contributed by atoms with Gasteiger partial charge in [0.05, 0.1) is 12.0 Å². The van der Waals surface area contributed by atoms with E-state index in [2.05, 4.69) is 33.0 Å². The summed E-state index contributed by atoms with van der Waals surface area (Å²) < 4.78 is 0. The van der Waals surface area contributed by atoms with Crippen molar-refractivity contribution in [1.29, 1.82) is 0 Å². The van der Waals surface area contributed by atoms with Crippen molar-refractivity contribution in [3.63, 3.8) is 0 Å². The molecule has 1 amide bonds. The van der Waals surface area contributed by atoms with Crippen molar-refractivity contribution in [3.8, 4) is 0 Å². The Balaban J connectivity index is 2.87. The van der Waals surface area contributed by atoms with E-state index in [4.69, 9.17) is 10.8 Å². The average Bonchev–Trinajstić information content (AvgIpc) is 2.62. The van der Waals surface area contributed by atoms with Gasteiger partial charge in [0.2, 0.25) is 5.91 Å². The van der Waals surface area contributed by atoms with Gasteiger partial charge in [-0.25, -0.2) is 0 Å². The Morgan fingerprint density at radius 2 is 1.71 bits per heavy atom. The maximum absolute atomic E-state index is 12.0. The van der Waals surface area contributed by atoms with Crippen molar-refractivity contribution in [2.75, 3.05) is 6.54 Å². The molecule has 1 aromatic rings. The van der Waals surface area contributed by atoms with Crippen LogP contribution < -0.4 is 11.1 Å². The molecule has 0 heterocycles. The van der Waals surface area contributed by atoms with E-state index in [0.29, 0.717) is 5.92 Å². The second-order valence-corrected chi connectivity index (χ2v) is 7.97. The van der Waals surface area contributed by atoms with Gasteiger partial charge >= 0.3 is 11.9 Å². The first-order chi connectivity index (χ1) is 13.0. The summed E-state index contributed by atoms with van der Waals surface area (Å²) in [5.74, 6) is -2.88. The Labute approximate surface area is 166 Å². The molecule has 0 fully saturated rings. The van der Waals surface area contributed by atoms with Gasteiger partial charge in [-0.2, -0.15) is 0 Å². The van der Waals surface area contributed by atoms with Gasteiger partial charge < -0.3 is 21.3 Å². The first-order valence-corrected chi connectivity index (χ1v) is 9.55. The molecule has 1 aromatic carbocycles. The summed E-state index contributed by atoms with van der Waals surface area (Å²) in [6, 6.07) is 6.60. The van der Waals surface area contributed by atoms with Crippen LogP contribution in [0.1, 0.15) is 64.0 Å². The Morgan fingerprint density at radius 1 is 1.11 bits per heavy atom. The number of carboxylic acid groups (broad SMARTS) is 2. The van der Waals surface area contributed by atoms with Gasteiger partial charge in [0.25, 0.3) is 0 Å². The standard InChI is InChI=1S/C21H32N2O5/c1-13(2)21(3,4)16-8-6-5-7-14(16)15(20(27)28)11-12-23-19(26)17(22)9-10-18(24)25/h5-8,13,15,17H,9-12,22H2,1-4H3,(H,23,26)(H,24,25)(H,27,28)/t15?,17-/m0/s1. The van der Waals surface area contributed by atoms with Crippen LogP contribution >= 0.6 is 0 Å². The van der Waals surface area contributed by atoms with Gasteiger partial charge in [-0.1, -0.05) is 52.0 Å². The molecule has 1 unspecified atom stereocenters. The third-order valence-corrected chi connectivity index (χ3v) is 5.51. The number of nitrogens with two attached hydrogens (primary N) is 1. The number of aliphatic carboxylic acids is 2. The number of rotatable bonds is 11. The van der Waals surface area contributed by atoms with Gasteiger partial charge in [-0.3, -0.25) is 14.4 Å². The van der Waals surface area contributed by atoms with Crippen molar-refractivity contribution < 1.29 is 24.6 Å². The molecule has 1 rings (SSSR count). The fraction of sp³-hybridized carbons (Fsp3) is 0.571. The molecule has 0 radical (unpaired) electrons. The van der Waals surface area contributed by atoms with E-state index < -0.39 is 29.8 Å². The molecule has 28 heavy (non-hydrogen) atoms. The molecule has 156 valence electrons. The number of hydrogen-bond acceptors (Lipinski definition) is 4. The van der Waals surface area contributed by atoms with Gasteiger partial charge in [-0.15, -0.1) is 0 Å². The zero-order chi connectivity index (χ0) is 21.5. The molecule has 0 aliphatic rings. The number of amides is 1. The smallest absolute Gasteiger partial charge is 0.311 e. The molecule has 0 spiro atoms. The minimum Gasteiger partial charge on any atom is -0.481 e. The van der Waals surface area contributed by atoms with Crippen molar-refractivity contribution in [1.82, 2.24) is 5.32 Å². The van der Waals surface area contributed by atoms with Crippen molar-refractivity contribution >= 4 is 17.8 Å². The zero-order valence-electron chi connectivity index (χ0n) is 17.1. The average molecular weight is 392 g/mol. The Hall–Kier alpha value is -2.41. The van der Waals surface area contributed by atoms with Gasteiger partial charge in [0.1, 0.15) is 0 Å². The van der Waals surface area contributed by atoms with Crippen LogP contribution in [0.2, 0.25) is 0 Å². The molecule has 0 saturated carbocycles. The molecular weight excluding hydrogens is 360 g/mol. The van der Waals surface area contributed by atoms with Crippen LogP contribution in [-0.2, 0) is 19.8 Å². The number of hydrogen-bond donors (Lipinski definition) is 4. The molecule has 0 aromatic heterocycles. The number of carboxylic acids is 2. The van der Waals surface area contributed by atoms with Crippen LogP contribution in [0.25, 0.3) is 0 Å². The second-order valence-electron chi connectivity index (χ2n) is 7.97. The first kappa shape index (κ1) is 23.6. The van der Waals surface area contributed by atoms with Crippen LogP contribution in [0.15, 0.2) is 24.3 Å². The van der Waals surface area contributed by atoms with Crippen LogP contribution in [0.4, 0.5) is 0 Å². The first-order valence-electron chi connectivity index (χ1n) is 9.55. The largest absolute Gasteiger partial charge is 0.481 e.